The van der Waals surface area contributed by atoms with Crippen LogP contribution in [0.25, 0.3) is 0 Å². The number of methoxy groups -OCH3 is 1. The number of nitrogens with zero attached hydrogens (tertiary/aromatic N) is 2. The van der Waals surface area contributed by atoms with Gasteiger partial charge in [0.25, 0.3) is 0 Å². The fourth-order valence-electron chi connectivity index (χ4n) is 3.54. The molecule has 6 heteroatoms. The lowest BCUT2D eigenvalue weighted by atomic mass is 10.1. The van der Waals surface area contributed by atoms with Crippen LogP contribution in [0.15, 0.2) is 53.5 Å². The average Bonchev–Trinajstić information content (AvgIpc) is 2.80. The van der Waals surface area contributed by atoms with E-state index in [0.717, 1.165) is 43.3 Å². The minimum absolute atomic E-state index is 0.321. The summed E-state index contributed by atoms with van der Waals surface area (Å²) in [6.45, 7) is 3.70. The molecule has 3 rings (SSSR count). The van der Waals surface area contributed by atoms with Crippen LogP contribution in [0, 0.1) is 0 Å². The topological polar surface area (TPSA) is 55.3 Å². The Morgan fingerprint density at radius 2 is 1.80 bits per heavy atom. The van der Waals surface area contributed by atoms with Crippen LogP contribution in [0.1, 0.15) is 29.5 Å². The third-order valence-corrected chi connectivity index (χ3v) is 5.30. The first-order valence-electron chi connectivity index (χ1n) is 10.5. The number of ether oxygens (including phenoxy) is 3. The van der Waals surface area contributed by atoms with Gasteiger partial charge in [0, 0.05) is 46.0 Å². The van der Waals surface area contributed by atoms with Crippen LogP contribution < -0.4 is 10.1 Å². The number of hydrogen-bond acceptors (Lipinski definition) is 4. The molecule has 0 bridgehead atoms. The molecule has 1 saturated heterocycles. The molecule has 0 aliphatic carbocycles. The molecular weight excluding hydrogens is 378 g/mol. The summed E-state index contributed by atoms with van der Waals surface area (Å²) in [5, 5.41) is 3.44. The van der Waals surface area contributed by atoms with E-state index in [1.165, 1.54) is 11.1 Å². The highest BCUT2D eigenvalue weighted by Crippen LogP contribution is 2.19. The standard InChI is InChI=1S/C24H33N3O3/c1-25-24(27(2)17-21-6-4-5-7-23(21)28-3)26-16-19-8-10-20(11-9-19)18-30-22-12-14-29-15-13-22/h4-11,22H,12-18H2,1-3H3,(H,25,26). The Morgan fingerprint density at radius 1 is 1.10 bits per heavy atom. The van der Waals surface area contributed by atoms with E-state index >= 15 is 0 Å². The number of hydrogen-bond donors (Lipinski definition) is 1. The molecule has 0 radical (unpaired) electrons. The van der Waals surface area contributed by atoms with Crippen molar-refractivity contribution in [1.29, 1.82) is 0 Å². The van der Waals surface area contributed by atoms with Gasteiger partial charge in [-0.1, -0.05) is 42.5 Å². The highest BCUT2D eigenvalue weighted by molar-refractivity contribution is 5.79. The molecule has 1 aliphatic heterocycles. The zero-order valence-corrected chi connectivity index (χ0v) is 18.3. The van der Waals surface area contributed by atoms with Crippen LogP contribution in [0.4, 0.5) is 0 Å². The summed E-state index contributed by atoms with van der Waals surface area (Å²) >= 11 is 0. The lowest BCUT2D eigenvalue weighted by Crippen LogP contribution is -2.38. The Labute approximate surface area is 179 Å². The summed E-state index contributed by atoms with van der Waals surface area (Å²) in [5.41, 5.74) is 3.53. The van der Waals surface area contributed by atoms with E-state index in [9.17, 15) is 0 Å². The monoisotopic (exact) mass is 411 g/mol. The third kappa shape index (κ3) is 6.47. The molecule has 0 spiro atoms. The molecule has 162 valence electrons. The van der Waals surface area contributed by atoms with Crippen LogP contribution >= 0.6 is 0 Å². The predicted molar refractivity (Wildman–Crippen MR) is 120 cm³/mol. The second-order valence-corrected chi connectivity index (χ2v) is 7.51. The fraction of sp³-hybridized carbons (Fsp3) is 0.458. The van der Waals surface area contributed by atoms with Crippen molar-refractivity contribution in [3.63, 3.8) is 0 Å². The number of nitrogens with one attached hydrogen (secondary N) is 1. The van der Waals surface area contributed by atoms with Gasteiger partial charge in [0.15, 0.2) is 5.96 Å². The van der Waals surface area contributed by atoms with Gasteiger partial charge in [0.1, 0.15) is 5.75 Å². The Balaban J connectivity index is 1.48. The summed E-state index contributed by atoms with van der Waals surface area (Å²) < 4.78 is 16.8. The highest BCUT2D eigenvalue weighted by Gasteiger charge is 2.14. The van der Waals surface area contributed by atoms with Gasteiger partial charge in [-0.05, 0) is 30.0 Å². The Bertz CT molecular complexity index is 802. The van der Waals surface area contributed by atoms with Crippen molar-refractivity contribution in [3.8, 4) is 5.75 Å². The zero-order valence-electron chi connectivity index (χ0n) is 18.3. The Hall–Kier alpha value is -2.57. The SMILES string of the molecule is CN=C(NCc1ccc(COC2CCOCC2)cc1)N(C)Cc1ccccc1OC. The fourth-order valence-corrected chi connectivity index (χ4v) is 3.54. The molecule has 0 aromatic heterocycles. The maximum absolute atomic E-state index is 6.00. The zero-order chi connectivity index (χ0) is 21.2. The molecule has 0 unspecified atom stereocenters. The summed E-state index contributed by atoms with van der Waals surface area (Å²) in [7, 11) is 5.53. The lowest BCUT2D eigenvalue weighted by Gasteiger charge is -2.23. The van der Waals surface area contributed by atoms with E-state index in [0.29, 0.717) is 25.8 Å². The number of aliphatic imine (C=N–C) groups is 1. The third-order valence-electron chi connectivity index (χ3n) is 5.30. The lowest BCUT2D eigenvalue weighted by molar-refractivity contribution is -0.0390. The van der Waals surface area contributed by atoms with Crippen molar-refractivity contribution in [1.82, 2.24) is 10.2 Å². The molecule has 1 heterocycles. The number of para-hydroxylation sites is 1. The number of rotatable bonds is 8. The van der Waals surface area contributed by atoms with Gasteiger partial charge in [0.05, 0.1) is 19.8 Å². The first-order valence-corrected chi connectivity index (χ1v) is 10.5. The van der Waals surface area contributed by atoms with E-state index < -0.39 is 0 Å². The van der Waals surface area contributed by atoms with E-state index in [1.54, 1.807) is 14.2 Å². The molecule has 30 heavy (non-hydrogen) atoms. The molecule has 2 aromatic rings. The minimum atomic E-state index is 0.321. The predicted octanol–water partition coefficient (Wildman–Crippen LogP) is 3.60. The number of guanidine groups is 1. The number of benzene rings is 2. The first kappa shape index (κ1) is 22.1. The molecule has 0 amide bonds. The Morgan fingerprint density at radius 3 is 2.50 bits per heavy atom. The maximum atomic E-state index is 6.00. The largest absolute Gasteiger partial charge is 0.496 e. The van der Waals surface area contributed by atoms with Gasteiger partial charge in [-0.15, -0.1) is 0 Å². The van der Waals surface area contributed by atoms with Crippen molar-refractivity contribution in [3.05, 3.63) is 65.2 Å². The van der Waals surface area contributed by atoms with Gasteiger partial charge in [-0.2, -0.15) is 0 Å². The van der Waals surface area contributed by atoms with Gasteiger partial charge in [-0.25, -0.2) is 0 Å². The molecule has 1 N–H and O–H groups in total. The summed E-state index contributed by atoms with van der Waals surface area (Å²) in [4.78, 5) is 6.51. The molecule has 0 atom stereocenters. The van der Waals surface area contributed by atoms with Crippen LogP contribution in [0.5, 0.6) is 5.75 Å². The van der Waals surface area contributed by atoms with Gasteiger partial charge in [-0.3, -0.25) is 4.99 Å². The van der Waals surface area contributed by atoms with Crippen molar-refractivity contribution in [2.24, 2.45) is 4.99 Å². The normalized spacial score (nSPS) is 15.1. The smallest absolute Gasteiger partial charge is 0.193 e. The second kappa shape index (κ2) is 11.6. The molecular formula is C24H33N3O3. The minimum Gasteiger partial charge on any atom is -0.496 e. The molecule has 1 aliphatic rings. The second-order valence-electron chi connectivity index (χ2n) is 7.51. The van der Waals surface area contributed by atoms with Gasteiger partial charge in [0.2, 0.25) is 0 Å². The quantitative estimate of drug-likeness (QED) is 0.531. The van der Waals surface area contributed by atoms with Crippen LogP contribution in [-0.4, -0.2) is 51.4 Å². The van der Waals surface area contributed by atoms with Gasteiger partial charge >= 0.3 is 0 Å². The molecule has 1 fully saturated rings. The van der Waals surface area contributed by atoms with Crippen LogP contribution in [0.3, 0.4) is 0 Å². The van der Waals surface area contributed by atoms with Gasteiger partial charge < -0.3 is 24.4 Å². The van der Waals surface area contributed by atoms with E-state index in [-0.39, 0.29) is 0 Å². The highest BCUT2D eigenvalue weighted by atomic mass is 16.5. The first-order chi connectivity index (χ1) is 14.7. The summed E-state index contributed by atoms with van der Waals surface area (Å²) in [6, 6.07) is 16.6. The summed E-state index contributed by atoms with van der Waals surface area (Å²) in [5.74, 6) is 1.73. The van der Waals surface area contributed by atoms with Crippen molar-refractivity contribution < 1.29 is 14.2 Å². The van der Waals surface area contributed by atoms with Crippen molar-refractivity contribution in [2.75, 3.05) is 34.4 Å². The van der Waals surface area contributed by atoms with Crippen molar-refractivity contribution >= 4 is 5.96 Å². The summed E-state index contributed by atoms with van der Waals surface area (Å²) in [6.07, 6.45) is 2.30. The average molecular weight is 412 g/mol. The molecule has 2 aromatic carbocycles. The van der Waals surface area contributed by atoms with Crippen molar-refractivity contribution in [2.45, 2.75) is 38.6 Å². The van der Waals surface area contributed by atoms with Crippen LogP contribution in [0.2, 0.25) is 0 Å². The van der Waals surface area contributed by atoms with Crippen LogP contribution in [-0.2, 0) is 29.2 Å². The van der Waals surface area contributed by atoms with E-state index in [1.807, 2.05) is 25.2 Å². The molecule has 6 nitrogen and oxygen atoms in total. The molecule has 0 saturated carbocycles. The van der Waals surface area contributed by atoms with E-state index in [2.05, 4.69) is 45.5 Å². The Kier molecular flexibility index (Phi) is 8.53. The van der Waals surface area contributed by atoms with E-state index in [4.69, 9.17) is 14.2 Å². The maximum Gasteiger partial charge on any atom is 0.193 e.